The normalized spacial score (nSPS) is 9.93. The summed E-state index contributed by atoms with van der Waals surface area (Å²) in [6, 6.07) is 7.44. The van der Waals surface area contributed by atoms with Gasteiger partial charge in [-0.15, -0.1) is 0 Å². The van der Waals surface area contributed by atoms with Crippen molar-refractivity contribution in [1.82, 2.24) is 4.90 Å². The molecule has 0 heterocycles. The summed E-state index contributed by atoms with van der Waals surface area (Å²) in [4.78, 5) is 13.3. The molecule has 0 saturated heterocycles. The molecule has 1 rings (SSSR count). The second-order valence-corrected chi connectivity index (χ2v) is 3.27. The molecule has 0 saturated carbocycles. The van der Waals surface area contributed by atoms with Crippen molar-refractivity contribution in [3.8, 4) is 0 Å². The monoisotopic (exact) mass is 193 g/mol. The highest BCUT2D eigenvalue weighted by Crippen LogP contribution is 2.09. The van der Waals surface area contributed by atoms with Gasteiger partial charge in [0.05, 0.1) is 6.61 Å². The summed E-state index contributed by atoms with van der Waals surface area (Å²) in [5.74, 6) is -0.0443. The fourth-order valence-electron chi connectivity index (χ4n) is 1.27. The number of aliphatic hydroxyl groups is 1. The van der Waals surface area contributed by atoms with E-state index in [1.54, 1.807) is 13.1 Å². The molecule has 0 spiro atoms. The second kappa shape index (κ2) is 4.77. The Morgan fingerprint density at radius 2 is 2.07 bits per heavy atom. The summed E-state index contributed by atoms with van der Waals surface area (Å²) in [6.07, 6.45) is 0. The predicted molar refractivity (Wildman–Crippen MR) is 55.2 cm³/mol. The summed E-state index contributed by atoms with van der Waals surface area (Å²) in [6.45, 7) is 2.27. The van der Waals surface area contributed by atoms with Crippen LogP contribution in [0.2, 0.25) is 0 Å². The molecule has 1 aromatic carbocycles. The lowest BCUT2D eigenvalue weighted by Gasteiger charge is -2.16. The van der Waals surface area contributed by atoms with Crippen LogP contribution in [0.4, 0.5) is 0 Å². The van der Waals surface area contributed by atoms with E-state index in [-0.39, 0.29) is 12.5 Å². The molecule has 0 aromatic heterocycles. The van der Waals surface area contributed by atoms with E-state index in [0.29, 0.717) is 12.1 Å². The molecule has 1 aromatic rings. The van der Waals surface area contributed by atoms with Crippen molar-refractivity contribution in [1.29, 1.82) is 0 Å². The van der Waals surface area contributed by atoms with Crippen molar-refractivity contribution in [2.45, 2.75) is 6.92 Å². The molecule has 0 bridgehead atoms. The molecule has 1 N–H and O–H groups in total. The van der Waals surface area contributed by atoms with Gasteiger partial charge in [-0.1, -0.05) is 18.2 Å². The molecule has 0 unspecified atom stereocenters. The zero-order chi connectivity index (χ0) is 10.6. The van der Waals surface area contributed by atoms with Crippen LogP contribution >= 0.6 is 0 Å². The predicted octanol–water partition coefficient (Wildman–Crippen LogP) is 1.06. The Bertz CT molecular complexity index is 323. The molecule has 0 radical (unpaired) electrons. The average molecular weight is 193 g/mol. The summed E-state index contributed by atoms with van der Waals surface area (Å²) >= 11 is 0. The van der Waals surface area contributed by atoms with Gasteiger partial charge in [0.25, 0.3) is 5.91 Å². The van der Waals surface area contributed by atoms with Gasteiger partial charge in [-0.05, 0) is 18.6 Å². The lowest BCUT2D eigenvalue weighted by molar-refractivity contribution is 0.0766. The fourth-order valence-corrected chi connectivity index (χ4v) is 1.27. The molecular weight excluding hydrogens is 178 g/mol. The van der Waals surface area contributed by atoms with Crippen LogP contribution in [0, 0.1) is 6.92 Å². The summed E-state index contributed by atoms with van der Waals surface area (Å²) in [5.41, 5.74) is 1.66. The van der Waals surface area contributed by atoms with E-state index >= 15 is 0 Å². The Morgan fingerprint density at radius 1 is 1.43 bits per heavy atom. The lowest BCUT2D eigenvalue weighted by Crippen LogP contribution is -2.29. The second-order valence-electron chi connectivity index (χ2n) is 3.27. The van der Waals surface area contributed by atoms with Crippen molar-refractivity contribution in [2.24, 2.45) is 0 Å². The van der Waals surface area contributed by atoms with Crippen LogP contribution in [-0.4, -0.2) is 36.1 Å². The third-order valence-electron chi connectivity index (χ3n) is 2.16. The van der Waals surface area contributed by atoms with Crippen LogP contribution in [-0.2, 0) is 0 Å². The van der Waals surface area contributed by atoms with Gasteiger partial charge in [0.2, 0.25) is 0 Å². The number of carbonyl (C=O) groups excluding carboxylic acids is 1. The van der Waals surface area contributed by atoms with E-state index in [1.807, 2.05) is 25.1 Å². The zero-order valence-electron chi connectivity index (χ0n) is 8.53. The van der Waals surface area contributed by atoms with Gasteiger partial charge in [-0.3, -0.25) is 4.79 Å². The summed E-state index contributed by atoms with van der Waals surface area (Å²) < 4.78 is 0. The van der Waals surface area contributed by atoms with Crippen LogP contribution in [0.25, 0.3) is 0 Å². The molecule has 14 heavy (non-hydrogen) atoms. The van der Waals surface area contributed by atoms with Gasteiger partial charge in [-0.25, -0.2) is 0 Å². The quantitative estimate of drug-likeness (QED) is 0.779. The largest absolute Gasteiger partial charge is 0.395 e. The number of benzene rings is 1. The summed E-state index contributed by atoms with van der Waals surface area (Å²) in [7, 11) is 1.69. The van der Waals surface area contributed by atoms with Crippen molar-refractivity contribution in [2.75, 3.05) is 20.2 Å². The third kappa shape index (κ3) is 2.33. The maximum atomic E-state index is 11.8. The van der Waals surface area contributed by atoms with Crippen LogP contribution in [0.1, 0.15) is 15.9 Å². The van der Waals surface area contributed by atoms with Gasteiger partial charge >= 0.3 is 0 Å². The SMILES string of the molecule is Cc1ccccc1C(=O)N(C)CCO. The standard InChI is InChI=1S/C11H15NO2/c1-9-5-3-4-6-10(9)11(14)12(2)7-8-13/h3-6,13H,7-8H2,1-2H3. The van der Waals surface area contributed by atoms with E-state index in [1.165, 1.54) is 4.90 Å². The van der Waals surface area contributed by atoms with Crippen LogP contribution < -0.4 is 0 Å². The highest BCUT2D eigenvalue weighted by molar-refractivity contribution is 5.95. The van der Waals surface area contributed by atoms with E-state index in [0.717, 1.165) is 5.56 Å². The Hall–Kier alpha value is -1.35. The molecule has 0 aliphatic rings. The van der Waals surface area contributed by atoms with Gasteiger partial charge < -0.3 is 10.0 Å². The van der Waals surface area contributed by atoms with Gasteiger partial charge in [0, 0.05) is 19.2 Å². The van der Waals surface area contributed by atoms with Gasteiger partial charge in [-0.2, -0.15) is 0 Å². The van der Waals surface area contributed by atoms with Crippen LogP contribution in [0.15, 0.2) is 24.3 Å². The average Bonchev–Trinajstić information content (AvgIpc) is 2.18. The van der Waals surface area contributed by atoms with Gasteiger partial charge in [0.15, 0.2) is 0 Å². The molecule has 3 heteroatoms. The number of nitrogens with zero attached hydrogens (tertiary/aromatic N) is 1. The van der Waals surface area contributed by atoms with Crippen LogP contribution in [0.3, 0.4) is 0 Å². The number of likely N-dealkylation sites (N-methyl/N-ethyl adjacent to an activating group) is 1. The maximum absolute atomic E-state index is 11.8. The molecule has 1 amide bonds. The topological polar surface area (TPSA) is 40.5 Å². The molecule has 0 fully saturated rings. The first-order chi connectivity index (χ1) is 6.66. The molecule has 0 aliphatic carbocycles. The zero-order valence-corrected chi connectivity index (χ0v) is 8.53. The molecular formula is C11H15NO2. The van der Waals surface area contributed by atoms with Crippen LogP contribution in [0.5, 0.6) is 0 Å². The number of carbonyl (C=O) groups is 1. The minimum absolute atomic E-state index is 0.00583. The Balaban J connectivity index is 2.84. The van der Waals surface area contributed by atoms with E-state index < -0.39 is 0 Å². The number of aryl methyl sites for hydroxylation is 1. The Morgan fingerprint density at radius 3 is 2.64 bits per heavy atom. The number of hydrogen-bond acceptors (Lipinski definition) is 2. The Labute approximate surface area is 84.0 Å². The number of amides is 1. The highest BCUT2D eigenvalue weighted by Gasteiger charge is 2.12. The van der Waals surface area contributed by atoms with E-state index in [9.17, 15) is 4.79 Å². The van der Waals surface area contributed by atoms with E-state index in [2.05, 4.69) is 0 Å². The molecule has 3 nitrogen and oxygen atoms in total. The molecule has 0 atom stereocenters. The van der Waals surface area contributed by atoms with Crippen molar-refractivity contribution in [3.63, 3.8) is 0 Å². The maximum Gasteiger partial charge on any atom is 0.253 e. The third-order valence-corrected chi connectivity index (χ3v) is 2.16. The number of hydrogen-bond donors (Lipinski definition) is 1. The first kappa shape index (κ1) is 10.7. The fraction of sp³-hybridized carbons (Fsp3) is 0.364. The Kier molecular flexibility index (Phi) is 3.65. The molecule has 0 aliphatic heterocycles. The van der Waals surface area contributed by atoms with E-state index in [4.69, 9.17) is 5.11 Å². The minimum Gasteiger partial charge on any atom is -0.395 e. The van der Waals surface area contributed by atoms with Crippen molar-refractivity contribution < 1.29 is 9.90 Å². The first-order valence-electron chi connectivity index (χ1n) is 4.58. The number of rotatable bonds is 3. The minimum atomic E-state index is -0.0443. The molecule has 76 valence electrons. The lowest BCUT2D eigenvalue weighted by atomic mass is 10.1. The first-order valence-corrected chi connectivity index (χ1v) is 4.58. The van der Waals surface area contributed by atoms with Crippen molar-refractivity contribution >= 4 is 5.91 Å². The highest BCUT2D eigenvalue weighted by atomic mass is 16.3. The number of aliphatic hydroxyl groups excluding tert-OH is 1. The van der Waals surface area contributed by atoms with Crippen molar-refractivity contribution in [3.05, 3.63) is 35.4 Å². The van der Waals surface area contributed by atoms with Gasteiger partial charge in [0.1, 0.15) is 0 Å². The smallest absolute Gasteiger partial charge is 0.253 e. The summed E-state index contributed by atoms with van der Waals surface area (Å²) in [5, 5.41) is 8.71.